The molecule has 6 nitrogen and oxygen atoms in total. The first-order valence-corrected chi connectivity index (χ1v) is 8.09. The molecule has 3 N–H and O–H groups in total. The molecule has 0 bridgehead atoms. The van der Waals surface area contributed by atoms with Crippen LogP contribution in [0, 0.1) is 0 Å². The van der Waals surface area contributed by atoms with Crippen LogP contribution >= 0.6 is 27.5 Å². The number of nitrogens with one attached hydrogen (secondary N) is 3. The third-order valence-corrected chi connectivity index (χ3v) is 3.74. The first-order valence-electron chi connectivity index (χ1n) is 6.92. The van der Waals surface area contributed by atoms with Crippen LogP contribution in [0.3, 0.4) is 0 Å². The van der Waals surface area contributed by atoms with Gasteiger partial charge in [-0.05, 0) is 40.2 Å². The molecular weight excluding hydrogens is 398 g/mol. The summed E-state index contributed by atoms with van der Waals surface area (Å²) in [5.41, 5.74) is 1.04. The molecule has 126 valence electrons. The summed E-state index contributed by atoms with van der Waals surface area (Å²) in [6.45, 7) is -0.202. The second-order valence-corrected chi connectivity index (χ2v) is 5.98. The van der Waals surface area contributed by atoms with Crippen molar-refractivity contribution in [3.05, 3.63) is 52.0 Å². The zero-order chi connectivity index (χ0) is 17.5. The highest BCUT2D eigenvalue weighted by molar-refractivity contribution is 9.10. The van der Waals surface area contributed by atoms with Gasteiger partial charge in [0.05, 0.1) is 23.8 Å². The Bertz CT molecular complexity index is 741. The number of para-hydroxylation sites is 1. The van der Waals surface area contributed by atoms with Gasteiger partial charge in [-0.1, -0.05) is 29.8 Å². The summed E-state index contributed by atoms with van der Waals surface area (Å²) in [4.78, 5) is 23.7. The summed E-state index contributed by atoms with van der Waals surface area (Å²) in [6.07, 6.45) is 0. The van der Waals surface area contributed by atoms with Crippen molar-refractivity contribution in [3.63, 3.8) is 0 Å². The molecule has 3 amide bonds. The predicted molar refractivity (Wildman–Crippen MR) is 97.8 cm³/mol. The smallest absolute Gasteiger partial charge is 0.319 e. The summed E-state index contributed by atoms with van der Waals surface area (Å²) < 4.78 is 5.83. The van der Waals surface area contributed by atoms with E-state index in [0.717, 1.165) is 0 Å². The van der Waals surface area contributed by atoms with Crippen molar-refractivity contribution in [2.45, 2.75) is 0 Å². The third-order valence-electron chi connectivity index (χ3n) is 2.93. The van der Waals surface area contributed by atoms with E-state index in [9.17, 15) is 9.59 Å². The second-order valence-electron chi connectivity index (χ2n) is 4.69. The van der Waals surface area contributed by atoms with Crippen LogP contribution in [0.5, 0.6) is 5.75 Å². The Balaban J connectivity index is 1.91. The number of carbonyl (C=O) groups excluding carboxylic acids is 2. The van der Waals surface area contributed by atoms with E-state index in [-0.39, 0.29) is 6.54 Å². The van der Waals surface area contributed by atoms with Gasteiger partial charge in [0.2, 0.25) is 5.91 Å². The highest BCUT2D eigenvalue weighted by atomic mass is 79.9. The Morgan fingerprint density at radius 2 is 1.88 bits per heavy atom. The first kappa shape index (κ1) is 18.1. The van der Waals surface area contributed by atoms with Crippen LogP contribution in [-0.2, 0) is 4.79 Å². The predicted octanol–water partition coefficient (Wildman–Crippen LogP) is 3.87. The Hall–Kier alpha value is -2.25. The summed E-state index contributed by atoms with van der Waals surface area (Å²) in [7, 11) is 1.48. The van der Waals surface area contributed by atoms with Crippen LogP contribution in [-0.4, -0.2) is 25.6 Å². The minimum atomic E-state index is -0.476. The van der Waals surface area contributed by atoms with Gasteiger partial charge in [-0.2, -0.15) is 0 Å². The van der Waals surface area contributed by atoms with Gasteiger partial charge in [0.15, 0.2) is 5.75 Å². The van der Waals surface area contributed by atoms with E-state index in [1.54, 1.807) is 36.4 Å². The Morgan fingerprint density at radius 3 is 2.54 bits per heavy atom. The SMILES string of the molecule is COc1c(Br)cc(Cl)cc1NC(=O)CNC(=O)Nc1ccccc1. The number of amides is 3. The van der Waals surface area contributed by atoms with Gasteiger partial charge in [-0.15, -0.1) is 0 Å². The summed E-state index contributed by atoms with van der Waals surface area (Å²) in [5.74, 6) is 0.0344. The Labute approximate surface area is 152 Å². The fourth-order valence-corrected chi connectivity index (χ4v) is 2.88. The van der Waals surface area contributed by atoms with Crippen molar-refractivity contribution in [1.29, 1.82) is 0 Å². The molecule has 24 heavy (non-hydrogen) atoms. The average Bonchev–Trinajstić information content (AvgIpc) is 2.53. The lowest BCUT2D eigenvalue weighted by Crippen LogP contribution is -2.35. The number of benzene rings is 2. The second kappa shape index (κ2) is 8.56. The standard InChI is InChI=1S/C16H15BrClN3O3/c1-24-15-12(17)7-10(18)8-13(15)21-14(22)9-19-16(23)20-11-5-3-2-4-6-11/h2-8H,9H2,1H3,(H,21,22)(H2,19,20,23). The van der Waals surface area contributed by atoms with Gasteiger partial charge in [0, 0.05) is 10.7 Å². The summed E-state index contributed by atoms with van der Waals surface area (Å²) in [6, 6.07) is 11.7. The van der Waals surface area contributed by atoms with Crippen molar-refractivity contribution in [3.8, 4) is 5.75 Å². The van der Waals surface area contributed by atoms with Gasteiger partial charge in [-0.3, -0.25) is 4.79 Å². The van der Waals surface area contributed by atoms with E-state index < -0.39 is 11.9 Å². The summed E-state index contributed by atoms with van der Waals surface area (Å²) >= 11 is 9.27. The zero-order valence-corrected chi connectivity index (χ0v) is 15.1. The van der Waals surface area contributed by atoms with Crippen molar-refractivity contribution in [1.82, 2.24) is 5.32 Å². The molecule has 2 aromatic carbocycles. The lowest BCUT2D eigenvalue weighted by Gasteiger charge is -2.13. The molecule has 0 aromatic heterocycles. The molecule has 0 saturated carbocycles. The number of urea groups is 1. The van der Waals surface area contributed by atoms with Crippen molar-refractivity contribution >= 4 is 50.8 Å². The Morgan fingerprint density at radius 1 is 1.17 bits per heavy atom. The van der Waals surface area contributed by atoms with E-state index in [4.69, 9.17) is 16.3 Å². The van der Waals surface area contributed by atoms with Crippen molar-refractivity contribution in [2.24, 2.45) is 0 Å². The third kappa shape index (κ3) is 5.14. The molecule has 0 fully saturated rings. The number of ether oxygens (including phenoxy) is 1. The molecule has 2 rings (SSSR count). The van der Waals surface area contributed by atoms with Crippen molar-refractivity contribution in [2.75, 3.05) is 24.3 Å². The normalized spacial score (nSPS) is 9.96. The van der Waals surface area contributed by atoms with Crippen LogP contribution in [0.25, 0.3) is 0 Å². The minimum Gasteiger partial charge on any atom is -0.493 e. The maximum absolute atomic E-state index is 12.0. The van der Waals surface area contributed by atoms with E-state index in [1.165, 1.54) is 7.11 Å². The average molecular weight is 413 g/mol. The molecule has 0 aliphatic carbocycles. The lowest BCUT2D eigenvalue weighted by molar-refractivity contribution is -0.115. The van der Waals surface area contributed by atoms with Gasteiger partial charge >= 0.3 is 6.03 Å². The quantitative estimate of drug-likeness (QED) is 0.697. The number of hydrogen-bond donors (Lipinski definition) is 3. The first-order chi connectivity index (χ1) is 11.5. The van der Waals surface area contributed by atoms with Crippen molar-refractivity contribution < 1.29 is 14.3 Å². The van der Waals surface area contributed by atoms with Crippen LogP contribution < -0.4 is 20.7 Å². The number of hydrogen-bond acceptors (Lipinski definition) is 3. The molecule has 0 unspecified atom stereocenters. The Kier molecular flexibility index (Phi) is 6.45. The fourth-order valence-electron chi connectivity index (χ4n) is 1.91. The van der Waals surface area contributed by atoms with Crippen LogP contribution in [0.2, 0.25) is 5.02 Å². The lowest BCUT2D eigenvalue weighted by atomic mass is 10.3. The van der Waals surface area contributed by atoms with Gasteiger partial charge in [-0.25, -0.2) is 4.79 Å². The summed E-state index contributed by atoms with van der Waals surface area (Å²) in [5, 5.41) is 8.17. The monoisotopic (exact) mass is 411 g/mol. The molecule has 0 saturated heterocycles. The molecule has 8 heteroatoms. The molecule has 0 aliphatic heterocycles. The van der Waals surface area contributed by atoms with Gasteiger partial charge in [0.1, 0.15) is 0 Å². The number of carbonyl (C=O) groups is 2. The molecule has 0 aliphatic rings. The molecule has 0 radical (unpaired) electrons. The van der Waals surface area contributed by atoms with Crippen LogP contribution in [0.1, 0.15) is 0 Å². The number of rotatable bonds is 5. The largest absolute Gasteiger partial charge is 0.493 e. The molecule has 0 heterocycles. The number of methoxy groups -OCH3 is 1. The number of anilines is 2. The van der Waals surface area contributed by atoms with E-state index in [2.05, 4.69) is 31.9 Å². The highest BCUT2D eigenvalue weighted by Gasteiger charge is 2.13. The van der Waals surface area contributed by atoms with Gasteiger partial charge < -0.3 is 20.7 Å². The molecular formula is C16H15BrClN3O3. The molecule has 0 atom stereocenters. The topological polar surface area (TPSA) is 79.5 Å². The van der Waals surface area contributed by atoms with Crippen LogP contribution in [0.15, 0.2) is 46.9 Å². The molecule has 0 spiro atoms. The number of halogens is 2. The maximum Gasteiger partial charge on any atom is 0.319 e. The maximum atomic E-state index is 12.0. The van der Waals surface area contributed by atoms with Gasteiger partial charge in [0.25, 0.3) is 0 Å². The molecule has 2 aromatic rings. The van der Waals surface area contributed by atoms with E-state index >= 15 is 0 Å². The minimum absolute atomic E-state index is 0.202. The zero-order valence-electron chi connectivity index (χ0n) is 12.7. The van der Waals surface area contributed by atoms with E-state index in [0.29, 0.717) is 26.6 Å². The highest BCUT2D eigenvalue weighted by Crippen LogP contribution is 2.36. The van der Waals surface area contributed by atoms with Crippen LogP contribution in [0.4, 0.5) is 16.2 Å². The fraction of sp³-hybridized carbons (Fsp3) is 0.125. The van der Waals surface area contributed by atoms with E-state index in [1.807, 2.05) is 6.07 Å².